The minimum atomic E-state index is 0.535. The number of ether oxygens (including phenoxy) is 2. The average Bonchev–Trinajstić information content (AvgIpc) is 2.52. The van der Waals surface area contributed by atoms with Crippen LogP contribution in [0.4, 0.5) is 0 Å². The number of methoxy groups -OCH3 is 2. The first-order valence-electron chi connectivity index (χ1n) is 7.16. The standard InChI is InChI=1S/C14H24N4O2/c1-4-18-7-5-11(6-8-18)15-9-12-13(19-2)16-10-17-14(12)20-3/h10-11,15H,4-9H2,1-3H3. The van der Waals surface area contributed by atoms with Gasteiger partial charge in [-0.25, -0.2) is 9.97 Å². The van der Waals surface area contributed by atoms with Crippen molar-refractivity contribution in [3.05, 3.63) is 11.9 Å². The van der Waals surface area contributed by atoms with Gasteiger partial charge in [0.2, 0.25) is 11.8 Å². The predicted octanol–water partition coefficient (Wildman–Crippen LogP) is 1.07. The van der Waals surface area contributed by atoms with Gasteiger partial charge in [-0.3, -0.25) is 0 Å². The van der Waals surface area contributed by atoms with Gasteiger partial charge < -0.3 is 19.7 Å². The summed E-state index contributed by atoms with van der Waals surface area (Å²) < 4.78 is 10.6. The smallest absolute Gasteiger partial charge is 0.224 e. The number of nitrogens with one attached hydrogen (secondary N) is 1. The van der Waals surface area contributed by atoms with E-state index in [2.05, 4.69) is 27.1 Å². The van der Waals surface area contributed by atoms with Crippen LogP contribution in [-0.4, -0.2) is 54.8 Å². The molecule has 0 aliphatic carbocycles. The summed E-state index contributed by atoms with van der Waals surface area (Å²) in [6.07, 6.45) is 3.80. The lowest BCUT2D eigenvalue weighted by Gasteiger charge is -2.31. The molecule has 6 heteroatoms. The molecule has 0 spiro atoms. The third kappa shape index (κ3) is 3.58. The summed E-state index contributed by atoms with van der Waals surface area (Å²) in [6, 6.07) is 0.535. The van der Waals surface area contributed by atoms with Crippen LogP contribution >= 0.6 is 0 Å². The van der Waals surface area contributed by atoms with Crippen LogP contribution in [0, 0.1) is 0 Å². The van der Waals surface area contributed by atoms with E-state index in [9.17, 15) is 0 Å². The molecule has 1 saturated heterocycles. The second kappa shape index (κ2) is 7.40. The van der Waals surface area contributed by atoms with Gasteiger partial charge in [0.05, 0.1) is 19.8 Å². The Morgan fingerprint density at radius 1 is 1.20 bits per heavy atom. The molecule has 1 aliphatic heterocycles. The Balaban J connectivity index is 1.94. The van der Waals surface area contributed by atoms with Gasteiger partial charge in [-0.05, 0) is 32.5 Å². The van der Waals surface area contributed by atoms with Crippen molar-refractivity contribution in [2.75, 3.05) is 33.9 Å². The SMILES string of the molecule is CCN1CCC(NCc2c(OC)ncnc2OC)CC1. The van der Waals surface area contributed by atoms with E-state index in [-0.39, 0.29) is 0 Å². The summed E-state index contributed by atoms with van der Waals surface area (Å²) in [5, 5.41) is 3.57. The molecule has 1 fully saturated rings. The summed E-state index contributed by atoms with van der Waals surface area (Å²) in [5.41, 5.74) is 0.885. The molecule has 2 heterocycles. The van der Waals surface area contributed by atoms with Gasteiger partial charge in [0.25, 0.3) is 0 Å². The molecule has 0 aromatic carbocycles. The Hall–Kier alpha value is -1.40. The summed E-state index contributed by atoms with van der Waals surface area (Å²) in [5.74, 6) is 1.16. The van der Waals surface area contributed by atoms with E-state index in [0.717, 1.165) is 25.2 Å². The molecule has 0 bridgehead atoms. The molecule has 1 aromatic heterocycles. The number of nitrogens with zero attached hydrogens (tertiary/aromatic N) is 3. The molecule has 0 radical (unpaired) electrons. The fraction of sp³-hybridized carbons (Fsp3) is 0.714. The summed E-state index contributed by atoms with van der Waals surface area (Å²) in [4.78, 5) is 10.7. The number of piperidine rings is 1. The van der Waals surface area contributed by atoms with Crippen LogP contribution in [0.15, 0.2) is 6.33 Å². The minimum Gasteiger partial charge on any atom is -0.481 e. The third-order valence-corrected chi connectivity index (χ3v) is 3.86. The van der Waals surface area contributed by atoms with Crippen molar-refractivity contribution in [1.82, 2.24) is 20.2 Å². The van der Waals surface area contributed by atoms with Gasteiger partial charge in [-0.2, -0.15) is 0 Å². The van der Waals surface area contributed by atoms with E-state index in [1.807, 2.05) is 0 Å². The zero-order valence-electron chi connectivity index (χ0n) is 12.6. The quantitative estimate of drug-likeness (QED) is 0.841. The lowest BCUT2D eigenvalue weighted by molar-refractivity contribution is 0.205. The van der Waals surface area contributed by atoms with Crippen molar-refractivity contribution in [3.63, 3.8) is 0 Å². The Kier molecular flexibility index (Phi) is 5.55. The van der Waals surface area contributed by atoms with Crippen molar-refractivity contribution < 1.29 is 9.47 Å². The Morgan fingerprint density at radius 3 is 2.30 bits per heavy atom. The molecular weight excluding hydrogens is 256 g/mol. The van der Waals surface area contributed by atoms with E-state index in [1.54, 1.807) is 14.2 Å². The molecule has 2 rings (SSSR count). The van der Waals surface area contributed by atoms with Crippen LogP contribution in [0.1, 0.15) is 25.3 Å². The van der Waals surface area contributed by atoms with Gasteiger partial charge in [0.1, 0.15) is 6.33 Å². The molecule has 20 heavy (non-hydrogen) atoms. The second-order valence-corrected chi connectivity index (χ2v) is 4.96. The highest BCUT2D eigenvalue weighted by Gasteiger charge is 2.19. The number of hydrogen-bond acceptors (Lipinski definition) is 6. The van der Waals surface area contributed by atoms with E-state index in [1.165, 1.54) is 19.2 Å². The normalized spacial score (nSPS) is 17.1. The molecular formula is C14H24N4O2. The van der Waals surface area contributed by atoms with E-state index < -0.39 is 0 Å². The fourth-order valence-corrected chi connectivity index (χ4v) is 2.58. The van der Waals surface area contributed by atoms with Crippen LogP contribution in [-0.2, 0) is 6.54 Å². The molecule has 1 aromatic rings. The maximum absolute atomic E-state index is 5.28. The van der Waals surface area contributed by atoms with Gasteiger partial charge in [0.15, 0.2) is 0 Å². The molecule has 6 nitrogen and oxygen atoms in total. The number of aromatic nitrogens is 2. The highest BCUT2D eigenvalue weighted by Crippen LogP contribution is 2.23. The Morgan fingerprint density at radius 2 is 1.80 bits per heavy atom. The maximum Gasteiger partial charge on any atom is 0.224 e. The minimum absolute atomic E-state index is 0.535. The second-order valence-electron chi connectivity index (χ2n) is 4.96. The fourth-order valence-electron chi connectivity index (χ4n) is 2.58. The van der Waals surface area contributed by atoms with E-state index in [0.29, 0.717) is 24.3 Å². The average molecular weight is 280 g/mol. The van der Waals surface area contributed by atoms with Crippen molar-refractivity contribution in [1.29, 1.82) is 0 Å². The molecule has 1 N–H and O–H groups in total. The van der Waals surface area contributed by atoms with Crippen LogP contribution in [0.3, 0.4) is 0 Å². The largest absolute Gasteiger partial charge is 0.481 e. The Labute approximate surface area is 120 Å². The number of hydrogen-bond donors (Lipinski definition) is 1. The number of likely N-dealkylation sites (tertiary alicyclic amines) is 1. The van der Waals surface area contributed by atoms with E-state index in [4.69, 9.17) is 9.47 Å². The van der Waals surface area contributed by atoms with Gasteiger partial charge in [-0.1, -0.05) is 6.92 Å². The zero-order chi connectivity index (χ0) is 14.4. The lowest BCUT2D eigenvalue weighted by atomic mass is 10.0. The summed E-state index contributed by atoms with van der Waals surface area (Å²) in [7, 11) is 3.23. The highest BCUT2D eigenvalue weighted by molar-refractivity contribution is 5.34. The van der Waals surface area contributed by atoms with Crippen molar-refractivity contribution in [2.24, 2.45) is 0 Å². The molecule has 0 amide bonds. The van der Waals surface area contributed by atoms with Crippen LogP contribution in [0.2, 0.25) is 0 Å². The zero-order valence-corrected chi connectivity index (χ0v) is 12.6. The first-order valence-corrected chi connectivity index (χ1v) is 7.16. The summed E-state index contributed by atoms with van der Waals surface area (Å²) >= 11 is 0. The van der Waals surface area contributed by atoms with Crippen LogP contribution < -0.4 is 14.8 Å². The van der Waals surface area contributed by atoms with Crippen molar-refractivity contribution >= 4 is 0 Å². The Bertz CT molecular complexity index is 397. The van der Waals surface area contributed by atoms with Crippen molar-refractivity contribution in [3.8, 4) is 11.8 Å². The third-order valence-electron chi connectivity index (χ3n) is 3.86. The monoisotopic (exact) mass is 280 g/mol. The van der Waals surface area contributed by atoms with Crippen LogP contribution in [0.25, 0.3) is 0 Å². The first kappa shape index (κ1) is 15.0. The topological polar surface area (TPSA) is 59.5 Å². The number of rotatable bonds is 6. The lowest BCUT2D eigenvalue weighted by Crippen LogP contribution is -2.42. The first-order chi connectivity index (χ1) is 9.78. The van der Waals surface area contributed by atoms with Gasteiger partial charge in [-0.15, -0.1) is 0 Å². The highest BCUT2D eigenvalue weighted by atomic mass is 16.5. The van der Waals surface area contributed by atoms with Crippen molar-refractivity contribution in [2.45, 2.75) is 32.4 Å². The van der Waals surface area contributed by atoms with Gasteiger partial charge >= 0.3 is 0 Å². The van der Waals surface area contributed by atoms with Gasteiger partial charge in [0, 0.05) is 12.6 Å². The molecule has 0 unspecified atom stereocenters. The predicted molar refractivity (Wildman–Crippen MR) is 77.1 cm³/mol. The summed E-state index contributed by atoms with van der Waals surface area (Å²) in [6.45, 7) is 6.34. The molecule has 112 valence electrons. The van der Waals surface area contributed by atoms with Crippen LogP contribution in [0.5, 0.6) is 11.8 Å². The molecule has 1 aliphatic rings. The maximum atomic E-state index is 5.28. The van der Waals surface area contributed by atoms with E-state index >= 15 is 0 Å². The molecule has 0 atom stereocenters. The molecule has 0 saturated carbocycles.